The van der Waals surface area contributed by atoms with E-state index in [4.69, 9.17) is 9.47 Å². The molecule has 1 aromatic carbocycles. The highest BCUT2D eigenvalue weighted by atomic mass is 16.6. The Morgan fingerprint density at radius 3 is 2.76 bits per heavy atom. The normalized spacial score (nSPS) is 10.7. The van der Waals surface area contributed by atoms with Crippen LogP contribution in [-0.4, -0.2) is 25.2 Å². The lowest BCUT2D eigenvalue weighted by atomic mass is 10.1. The highest BCUT2D eigenvalue weighted by Crippen LogP contribution is 2.23. The summed E-state index contributed by atoms with van der Waals surface area (Å²) >= 11 is 0. The molecule has 0 aliphatic heterocycles. The number of rotatable bonds is 9. The van der Waals surface area contributed by atoms with E-state index in [1.165, 1.54) is 0 Å². The third-order valence-corrected chi connectivity index (χ3v) is 3.09. The number of para-hydroxylation sites is 1. The van der Waals surface area contributed by atoms with E-state index in [1.54, 1.807) is 0 Å². The van der Waals surface area contributed by atoms with Gasteiger partial charge in [0.15, 0.2) is 6.61 Å². The first-order valence-corrected chi connectivity index (χ1v) is 7.64. The van der Waals surface area contributed by atoms with Crippen LogP contribution in [0.2, 0.25) is 0 Å². The predicted molar refractivity (Wildman–Crippen MR) is 84.5 cm³/mol. The molecule has 0 aliphatic carbocycles. The van der Waals surface area contributed by atoms with Gasteiger partial charge in [-0.3, -0.25) is 0 Å². The Balaban J connectivity index is 2.58. The van der Waals surface area contributed by atoms with E-state index in [-0.39, 0.29) is 12.6 Å². The third-order valence-electron chi connectivity index (χ3n) is 3.09. The van der Waals surface area contributed by atoms with Crippen LogP contribution in [0.5, 0.6) is 5.75 Å². The summed E-state index contributed by atoms with van der Waals surface area (Å²) in [6, 6.07) is 6.40. The van der Waals surface area contributed by atoms with Crippen molar-refractivity contribution >= 4 is 5.97 Å². The molecule has 0 unspecified atom stereocenters. The van der Waals surface area contributed by atoms with Crippen molar-refractivity contribution in [2.75, 3.05) is 13.2 Å². The van der Waals surface area contributed by atoms with Gasteiger partial charge in [-0.1, -0.05) is 45.4 Å². The van der Waals surface area contributed by atoms with Crippen LogP contribution in [-0.2, 0) is 16.1 Å². The number of aryl methyl sites for hydroxylation is 1. The molecular formula is C17H27NO3. The number of nitrogens with one attached hydrogen (secondary N) is 1. The molecule has 1 rings (SSSR count). The van der Waals surface area contributed by atoms with Crippen molar-refractivity contribution in [2.24, 2.45) is 0 Å². The minimum atomic E-state index is -0.311. The fourth-order valence-corrected chi connectivity index (χ4v) is 1.88. The molecular weight excluding hydrogens is 266 g/mol. The third kappa shape index (κ3) is 6.63. The molecule has 0 radical (unpaired) electrons. The molecule has 0 spiro atoms. The second kappa shape index (κ2) is 9.40. The number of hydrogen-bond acceptors (Lipinski definition) is 4. The molecule has 0 saturated carbocycles. The summed E-state index contributed by atoms with van der Waals surface area (Å²) in [7, 11) is 0. The predicted octanol–water partition coefficient (Wildman–Crippen LogP) is 3.22. The van der Waals surface area contributed by atoms with Gasteiger partial charge in [0.25, 0.3) is 0 Å². The van der Waals surface area contributed by atoms with Crippen LogP contribution in [0.15, 0.2) is 18.2 Å². The standard InChI is InChI=1S/C17H27NO3/c1-5-6-10-20-16(19)12-21-17-14(4)8-7-9-15(17)11-18-13(2)3/h7-9,13,18H,5-6,10-12H2,1-4H3. The first-order valence-electron chi connectivity index (χ1n) is 7.64. The van der Waals surface area contributed by atoms with E-state index in [9.17, 15) is 4.79 Å². The maximum atomic E-state index is 11.6. The maximum Gasteiger partial charge on any atom is 0.344 e. The molecule has 118 valence electrons. The number of benzene rings is 1. The summed E-state index contributed by atoms with van der Waals surface area (Å²) in [5.41, 5.74) is 2.09. The molecule has 0 saturated heterocycles. The summed E-state index contributed by atoms with van der Waals surface area (Å²) in [5, 5.41) is 3.36. The van der Waals surface area contributed by atoms with Crippen molar-refractivity contribution in [1.82, 2.24) is 5.32 Å². The molecule has 1 aromatic rings. The van der Waals surface area contributed by atoms with Crippen LogP contribution in [0.4, 0.5) is 0 Å². The number of ether oxygens (including phenoxy) is 2. The monoisotopic (exact) mass is 293 g/mol. The van der Waals surface area contributed by atoms with Crippen LogP contribution in [0.25, 0.3) is 0 Å². The van der Waals surface area contributed by atoms with E-state index < -0.39 is 0 Å². The average Bonchev–Trinajstić information content (AvgIpc) is 2.44. The number of carbonyl (C=O) groups excluding carboxylic acids is 1. The molecule has 0 atom stereocenters. The van der Waals surface area contributed by atoms with Gasteiger partial charge in [0.1, 0.15) is 5.75 Å². The van der Waals surface area contributed by atoms with Crippen LogP contribution in [0, 0.1) is 6.92 Å². The summed E-state index contributed by atoms with van der Waals surface area (Å²) in [5.74, 6) is 0.465. The fraction of sp³-hybridized carbons (Fsp3) is 0.588. The summed E-state index contributed by atoms with van der Waals surface area (Å²) in [6.07, 6.45) is 1.90. The van der Waals surface area contributed by atoms with Crippen molar-refractivity contribution in [1.29, 1.82) is 0 Å². The van der Waals surface area contributed by atoms with Crippen LogP contribution >= 0.6 is 0 Å². The number of esters is 1. The van der Waals surface area contributed by atoms with E-state index in [0.29, 0.717) is 12.6 Å². The van der Waals surface area contributed by atoms with Crippen molar-refractivity contribution in [3.63, 3.8) is 0 Å². The lowest BCUT2D eigenvalue weighted by Crippen LogP contribution is -2.23. The second-order valence-electron chi connectivity index (χ2n) is 5.46. The van der Waals surface area contributed by atoms with Gasteiger partial charge in [0.05, 0.1) is 6.61 Å². The minimum absolute atomic E-state index is 0.0384. The minimum Gasteiger partial charge on any atom is -0.481 e. The quantitative estimate of drug-likeness (QED) is 0.561. The Morgan fingerprint density at radius 2 is 2.10 bits per heavy atom. The molecule has 1 N–H and O–H groups in total. The van der Waals surface area contributed by atoms with E-state index in [1.807, 2.05) is 25.1 Å². The first kappa shape index (κ1) is 17.5. The Hall–Kier alpha value is -1.55. The smallest absolute Gasteiger partial charge is 0.344 e. The second-order valence-corrected chi connectivity index (χ2v) is 5.46. The Labute approximate surface area is 127 Å². The van der Waals surface area contributed by atoms with Crippen LogP contribution in [0.1, 0.15) is 44.7 Å². The topological polar surface area (TPSA) is 47.6 Å². The Bertz CT molecular complexity index is 444. The zero-order chi connectivity index (χ0) is 15.7. The molecule has 0 heterocycles. The van der Waals surface area contributed by atoms with Crippen molar-refractivity contribution in [2.45, 2.75) is 53.1 Å². The van der Waals surface area contributed by atoms with Gasteiger partial charge < -0.3 is 14.8 Å². The zero-order valence-corrected chi connectivity index (χ0v) is 13.6. The van der Waals surface area contributed by atoms with E-state index >= 15 is 0 Å². The molecule has 4 heteroatoms. The maximum absolute atomic E-state index is 11.6. The van der Waals surface area contributed by atoms with Crippen molar-refractivity contribution in [3.8, 4) is 5.75 Å². The van der Waals surface area contributed by atoms with Gasteiger partial charge in [0, 0.05) is 18.2 Å². The van der Waals surface area contributed by atoms with Gasteiger partial charge in [-0.15, -0.1) is 0 Å². The van der Waals surface area contributed by atoms with Gasteiger partial charge in [-0.2, -0.15) is 0 Å². The number of unbranched alkanes of at least 4 members (excludes halogenated alkanes) is 1. The van der Waals surface area contributed by atoms with Crippen LogP contribution in [0.3, 0.4) is 0 Å². The van der Waals surface area contributed by atoms with E-state index in [0.717, 1.165) is 36.3 Å². The van der Waals surface area contributed by atoms with Crippen LogP contribution < -0.4 is 10.1 Å². The molecule has 21 heavy (non-hydrogen) atoms. The molecule has 0 fully saturated rings. The molecule has 0 amide bonds. The molecule has 0 aromatic heterocycles. The number of carbonyl (C=O) groups is 1. The summed E-state index contributed by atoms with van der Waals surface area (Å²) < 4.78 is 10.8. The fourth-order valence-electron chi connectivity index (χ4n) is 1.88. The summed E-state index contributed by atoms with van der Waals surface area (Å²) in [4.78, 5) is 11.6. The molecule has 0 bridgehead atoms. The Kier molecular flexibility index (Phi) is 7.83. The van der Waals surface area contributed by atoms with Gasteiger partial charge in [-0.05, 0) is 18.9 Å². The van der Waals surface area contributed by atoms with E-state index in [2.05, 4.69) is 26.1 Å². The number of hydrogen-bond donors (Lipinski definition) is 1. The lowest BCUT2D eigenvalue weighted by Gasteiger charge is -2.15. The van der Waals surface area contributed by atoms with Gasteiger partial charge in [-0.25, -0.2) is 4.79 Å². The molecule has 4 nitrogen and oxygen atoms in total. The van der Waals surface area contributed by atoms with Gasteiger partial charge in [0.2, 0.25) is 0 Å². The first-order chi connectivity index (χ1) is 10.0. The van der Waals surface area contributed by atoms with Crippen molar-refractivity contribution in [3.05, 3.63) is 29.3 Å². The highest BCUT2D eigenvalue weighted by molar-refractivity contribution is 5.71. The Morgan fingerprint density at radius 1 is 1.33 bits per heavy atom. The lowest BCUT2D eigenvalue weighted by molar-refractivity contribution is -0.146. The largest absolute Gasteiger partial charge is 0.481 e. The summed E-state index contributed by atoms with van der Waals surface area (Å²) in [6.45, 7) is 9.39. The van der Waals surface area contributed by atoms with Gasteiger partial charge >= 0.3 is 5.97 Å². The molecule has 0 aliphatic rings. The highest BCUT2D eigenvalue weighted by Gasteiger charge is 2.10. The zero-order valence-electron chi connectivity index (χ0n) is 13.6. The average molecular weight is 293 g/mol. The van der Waals surface area contributed by atoms with Crippen molar-refractivity contribution < 1.29 is 14.3 Å². The SMILES string of the molecule is CCCCOC(=O)COc1c(C)cccc1CNC(C)C.